The zero-order valence-corrected chi connectivity index (χ0v) is 10.4. The Bertz CT molecular complexity index is 169. The molecule has 2 aliphatic heterocycles. The highest BCUT2D eigenvalue weighted by molar-refractivity contribution is 5.85. The molecule has 0 amide bonds. The number of nitrogens with zero attached hydrogens (tertiary/aromatic N) is 1. The molecule has 0 aliphatic carbocycles. The van der Waals surface area contributed by atoms with Crippen molar-refractivity contribution in [1.29, 1.82) is 0 Å². The van der Waals surface area contributed by atoms with Gasteiger partial charge in [-0.2, -0.15) is 0 Å². The van der Waals surface area contributed by atoms with Gasteiger partial charge >= 0.3 is 0 Å². The van der Waals surface area contributed by atoms with Crippen LogP contribution in [0.5, 0.6) is 0 Å². The van der Waals surface area contributed by atoms with Gasteiger partial charge in [-0.05, 0) is 39.3 Å². The fourth-order valence-electron chi connectivity index (χ4n) is 2.32. The quantitative estimate of drug-likeness (QED) is 0.803. The maximum absolute atomic E-state index is 5.62. The molecule has 2 rings (SSSR count). The zero-order chi connectivity index (χ0) is 9.80. The monoisotopic (exact) mass is 234 g/mol. The summed E-state index contributed by atoms with van der Waals surface area (Å²) in [7, 11) is 0. The van der Waals surface area contributed by atoms with Crippen LogP contribution in [-0.4, -0.2) is 43.4 Å². The van der Waals surface area contributed by atoms with Gasteiger partial charge in [-0.25, -0.2) is 0 Å². The van der Waals surface area contributed by atoms with Crippen molar-refractivity contribution in [3.63, 3.8) is 0 Å². The second-order valence-electron chi connectivity index (χ2n) is 4.58. The van der Waals surface area contributed by atoms with Crippen LogP contribution in [0.25, 0.3) is 0 Å². The van der Waals surface area contributed by atoms with Gasteiger partial charge in [-0.3, -0.25) is 5.32 Å². The fourth-order valence-corrected chi connectivity index (χ4v) is 2.32. The first-order valence-electron chi connectivity index (χ1n) is 5.94. The summed E-state index contributed by atoms with van der Waals surface area (Å²) in [5.74, 6) is 0. The summed E-state index contributed by atoms with van der Waals surface area (Å²) in [6.45, 7) is 6.85. The number of halogens is 1. The molecule has 4 heteroatoms. The van der Waals surface area contributed by atoms with Gasteiger partial charge in [-0.1, -0.05) is 6.42 Å². The van der Waals surface area contributed by atoms with E-state index in [0.717, 1.165) is 13.0 Å². The minimum Gasteiger partial charge on any atom is -0.362 e. The highest BCUT2D eigenvalue weighted by atomic mass is 35.5. The van der Waals surface area contributed by atoms with Gasteiger partial charge < -0.3 is 9.64 Å². The lowest BCUT2D eigenvalue weighted by molar-refractivity contribution is 0.0791. The van der Waals surface area contributed by atoms with Crippen molar-refractivity contribution >= 4 is 12.4 Å². The van der Waals surface area contributed by atoms with Crippen molar-refractivity contribution in [1.82, 2.24) is 10.2 Å². The van der Waals surface area contributed by atoms with Crippen LogP contribution in [0.4, 0.5) is 0 Å². The molecule has 2 unspecified atom stereocenters. The van der Waals surface area contributed by atoms with Crippen LogP contribution in [0.3, 0.4) is 0 Å². The van der Waals surface area contributed by atoms with Crippen LogP contribution in [0.1, 0.15) is 32.6 Å². The minimum atomic E-state index is 0. The van der Waals surface area contributed by atoms with Crippen LogP contribution >= 0.6 is 12.4 Å². The van der Waals surface area contributed by atoms with E-state index in [2.05, 4.69) is 17.1 Å². The van der Waals surface area contributed by atoms with Gasteiger partial charge in [0.05, 0.1) is 6.61 Å². The number of nitrogens with one attached hydrogen (secondary N) is 1. The molecule has 2 aliphatic rings. The van der Waals surface area contributed by atoms with Crippen molar-refractivity contribution in [2.75, 3.05) is 26.2 Å². The smallest absolute Gasteiger partial charge is 0.109 e. The van der Waals surface area contributed by atoms with E-state index < -0.39 is 0 Å². The lowest BCUT2D eigenvalue weighted by atomic mass is 10.1. The van der Waals surface area contributed by atoms with Crippen molar-refractivity contribution in [3.05, 3.63) is 0 Å². The molecular weight excluding hydrogens is 212 g/mol. The average Bonchev–Trinajstić information content (AvgIpc) is 2.63. The van der Waals surface area contributed by atoms with Crippen LogP contribution in [-0.2, 0) is 4.74 Å². The van der Waals surface area contributed by atoms with E-state index in [9.17, 15) is 0 Å². The third-order valence-corrected chi connectivity index (χ3v) is 3.17. The molecule has 0 aromatic heterocycles. The summed E-state index contributed by atoms with van der Waals surface area (Å²) in [6, 6.07) is 0.543. The Morgan fingerprint density at radius 3 is 2.60 bits per heavy atom. The molecule has 0 aromatic rings. The fraction of sp³-hybridized carbons (Fsp3) is 1.00. The maximum atomic E-state index is 5.62. The standard InChI is InChI=1S/C11H22N2O.ClH/c1-10-9-14-11(12-10)5-8-13-6-3-2-4-7-13;/h10-12H,2-9H2,1H3;1H. The van der Waals surface area contributed by atoms with Crippen LogP contribution < -0.4 is 5.32 Å². The van der Waals surface area contributed by atoms with Gasteiger partial charge in [0.25, 0.3) is 0 Å². The second-order valence-corrected chi connectivity index (χ2v) is 4.58. The van der Waals surface area contributed by atoms with E-state index in [1.165, 1.54) is 38.9 Å². The highest BCUT2D eigenvalue weighted by Gasteiger charge is 2.21. The summed E-state index contributed by atoms with van der Waals surface area (Å²) >= 11 is 0. The topological polar surface area (TPSA) is 24.5 Å². The molecule has 0 saturated carbocycles. The van der Waals surface area contributed by atoms with Crippen molar-refractivity contribution in [3.8, 4) is 0 Å². The third-order valence-electron chi connectivity index (χ3n) is 3.17. The van der Waals surface area contributed by atoms with E-state index in [1.54, 1.807) is 0 Å². The molecule has 0 radical (unpaired) electrons. The normalized spacial score (nSPS) is 32.6. The number of rotatable bonds is 3. The second kappa shape index (κ2) is 6.69. The van der Waals surface area contributed by atoms with Crippen LogP contribution in [0.2, 0.25) is 0 Å². The lowest BCUT2D eigenvalue weighted by Crippen LogP contribution is -2.35. The molecule has 0 spiro atoms. The molecule has 3 nitrogen and oxygen atoms in total. The van der Waals surface area contributed by atoms with Crippen molar-refractivity contribution in [2.24, 2.45) is 0 Å². The molecule has 0 bridgehead atoms. The summed E-state index contributed by atoms with van der Waals surface area (Å²) in [6.07, 6.45) is 5.65. The number of hydrogen-bond donors (Lipinski definition) is 1. The molecule has 2 fully saturated rings. The van der Waals surface area contributed by atoms with Crippen LogP contribution in [0, 0.1) is 0 Å². The van der Waals surface area contributed by atoms with Crippen molar-refractivity contribution in [2.45, 2.75) is 44.9 Å². The molecule has 2 atom stereocenters. The minimum absolute atomic E-state index is 0. The van der Waals surface area contributed by atoms with Gasteiger partial charge in [0, 0.05) is 12.6 Å². The van der Waals surface area contributed by atoms with E-state index in [4.69, 9.17) is 4.74 Å². The average molecular weight is 235 g/mol. The Balaban J connectivity index is 0.00000112. The van der Waals surface area contributed by atoms with Gasteiger partial charge in [0.2, 0.25) is 0 Å². The number of piperidine rings is 1. The first kappa shape index (κ1) is 13.2. The predicted octanol–water partition coefficient (Wildman–Crippen LogP) is 1.62. The first-order chi connectivity index (χ1) is 6.84. The summed E-state index contributed by atoms with van der Waals surface area (Å²) in [4.78, 5) is 2.57. The van der Waals surface area contributed by atoms with E-state index in [-0.39, 0.29) is 12.4 Å². The van der Waals surface area contributed by atoms with Crippen LogP contribution in [0.15, 0.2) is 0 Å². The largest absolute Gasteiger partial charge is 0.362 e. The molecule has 2 saturated heterocycles. The molecule has 1 N–H and O–H groups in total. The highest BCUT2D eigenvalue weighted by Crippen LogP contribution is 2.11. The maximum Gasteiger partial charge on any atom is 0.109 e. The van der Waals surface area contributed by atoms with Gasteiger partial charge in [0.1, 0.15) is 6.23 Å². The SMILES string of the molecule is CC1COC(CCN2CCCCC2)N1.Cl. The predicted molar refractivity (Wildman–Crippen MR) is 64.5 cm³/mol. The third kappa shape index (κ3) is 4.27. The van der Waals surface area contributed by atoms with E-state index in [1.807, 2.05) is 0 Å². The molecule has 15 heavy (non-hydrogen) atoms. The summed E-state index contributed by atoms with van der Waals surface area (Å²) in [5.41, 5.74) is 0. The first-order valence-corrected chi connectivity index (χ1v) is 5.94. The van der Waals surface area contributed by atoms with Crippen molar-refractivity contribution < 1.29 is 4.74 Å². The van der Waals surface area contributed by atoms with E-state index in [0.29, 0.717) is 12.3 Å². The Labute approximate surface area is 99.0 Å². The Kier molecular flexibility index (Phi) is 5.90. The molecule has 0 aromatic carbocycles. The molecule has 90 valence electrons. The molecular formula is C11H23ClN2O. The van der Waals surface area contributed by atoms with Gasteiger partial charge in [0.15, 0.2) is 0 Å². The van der Waals surface area contributed by atoms with E-state index >= 15 is 0 Å². The summed E-state index contributed by atoms with van der Waals surface area (Å²) in [5, 5.41) is 3.44. The molecule has 2 heterocycles. The number of ether oxygens (including phenoxy) is 1. The summed E-state index contributed by atoms with van der Waals surface area (Å²) < 4.78 is 5.62. The number of hydrogen-bond acceptors (Lipinski definition) is 3. The Morgan fingerprint density at radius 1 is 1.27 bits per heavy atom. The lowest BCUT2D eigenvalue weighted by Gasteiger charge is -2.27. The zero-order valence-electron chi connectivity index (χ0n) is 9.58. The Morgan fingerprint density at radius 2 is 2.00 bits per heavy atom. The Hall–Kier alpha value is 0.170. The van der Waals surface area contributed by atoms with Gasteiger partial charge in [-0.15, -0.1) is 12.4 Å². The number of likely N-dealkylation sites (tertiary alicyclic amines) is 1.